The fourth-order valence-corrected chi connectivity index (χ4v) is 1.46. The van der Waals surface area contributed by atoms with E-state index in [4.69, 9.17) is 19.3 Å². The molecule has 1 N–H and O–H groups in total. The van der Waals surface area contributed by atoms with Crippen molar-refractivity contribution in [1.29, 1.82) is 0 Å². The van der Waals surface area contributed by atoms with Crippen LogP contribution in [0.5, 0.6) is 5.75 Å². The van der Waals surface area contributed by atoms with Gasteiger partial charge in [-0.25, -0.2) is 4.79 Å². The van der Waals surface area contributed by atoms with Crippen molar-refractivity contribution >= 4 is 5.97 Å². The highest BCUT2D eigenvalue weighted by Crippen LogP contribution is 2.21. The minimum absolute atomic E-state index is 0.257. The Kier molecular flexibility index (Phi) is 6.18. The zero-order valence-electron chi connectivity index (χ0n) is 10.6. The third kappa shape index (κ3) is 4.35. The van der Waals surface area contributed by atoms with Gasteiger partial charge in [0.15, 0.2) is 0 Å². The number of benzene rings is 1. The number of hydrogen-bond donors (Lipinski definition) is 1. The van der Waals surface area contributed by atoms with Crippen LogP contribution in [0.1, 0.15) is 15.9 Å². The zero-order valence-corrected chi connectivity index (χ0v) is 10.6. The predicted molar refractivity (Wildman–Crippen MR) is 66.3 cm³/mol. The topological polar surface area (TPSA) is 65.0 Å². The van der Waals surface area contributed by atoms with E-state index in [-0.39, 0.29) is 5.56 Å². The van der Waals surface area contributed by atoms with Crippen molar-refractivity contribution in [3.63, 3.8) is 0 Å². The number of hydrogen-bond acceptors (Lipinski definition) is 4. The molecular weight excluding hydrogens is 236 g/mol. The molecule has 1 rings (SSSR count). The van der Waals surface area contributed by atoms with Crippen LogP contribution in [0.4, 0.5) is 0 Å². The van der Waals surface area contributed by atoms with Gasteiger partial charge in [0, 0.05) is 12.7 Å². The molecule has 5 heteroatoms. The normalized spacial score (nSPS) is 10.3. The van der Waals surface area contributed by atoms with Crippen molar-refractivity contribution in [3.05, 3.63) is 29.3 Å². The van der Waals surface area contributed by atoms with Crippen molar-refractivity contribution in [2.75, 3.05) is 33.5 Å². The molecule has 18 heavy (non-hydrogen) atoms. The quantitative estimate of drug-likeness (QED) is 0.716. The van der Waals surface area contributed by atoms with Gasteiger partial charge in [-0.2, -0.15) is 0 Å². The molecule has 0 heterocycles. The van der Waals surface area contributed by atoms with Crippen molar-refractivity contribution in [3.8, 4) is 5.75 Å². The third-order valence-corrected chi connectivity index (χ3v) is 2.43. The van der Waals surface area contributed by atoms with Gasteiger partial charge in [0.25, 0.3) is 0 Å². The summed E-state index contributed by atoms with van der Waals surface area (Å²) in [6, 6.07) is 4.97. The van der Waals surface area contributed by atoms with E-state index < -0.39 is 5.97 Å². The fraction of sp³-hybridized carbons (Fsp3) is 0.462. The Morgan fingerprint density at radius 2 is 1.94 bits per heavy atom. The number of carboxylic acid groups (broad SMARTS) is 1. The van der Waals surface area contributed by atoms with Crippen LogP contribution in [-0.2, 0) is 9.47 Å². The van der Waals surface area contributed by atoms with E-state index in [0.717, 1.165) is 0 Å². The summed E-state index contributed by atoms with van der Waals surface area (Å²) in [5.41, 5.74) is 0.884. The maximum atomic E-state index is 10.9. The van der Waals surface area contributed by atoms with Crippen LogP contribution in [0.2, 0.25) is 0 Å². The molecule has 0 atom stereocenters. The number of carbonyl (C=O) groups is 1. The Hall–Kier alpha value is -1.59. The molecule has 5 nitrogen and oxygen atoms in total. The first-order valence-electron chi connectivity index (χ1n) is 5.69. The lowest BCUT2D eigenvalue weighted by molar-refractivity contribution is 0.0542. The van der Waals surface area contributed by atoms with Gasteiger partial charge in [-0.1, -0.05) is 6.07 Å². The van der Waals surface area contributed by atoms with Crippen LogP contribution in [0.15, 0.2) is 18.2 Å². The average Bonchev–Trinajstić information content (AvgIpc) is 2.35. The molecule has 0 aliphatic heterocycles. The Balaban J connectivity index is 2.43. The highest BCUT2D eigenvalue weighted by molar-refractivity contribution is 5.90. The average molecular weight is 254 g/mol. The lowest BCUT2D eigenvalue weighted by Crippen LogP contribution is -2.11. The second-order valence-corrected chi connectivity index (χ2v) is 3.69. The molecule has 100 valence electrons. The smallest absolute Gasteiger partial charge is 0.336 e. The Morgan fingerprint density at radius 3 is 2.61 bits per heavy atom. The summed E-state index contributed by atoms with van der Waals surface area (Å²) in [6.07, 6.45) is 0. The van der Waals surface area contributed by atoms with Gasteiger partial charge in [-0.15, -0.1) is 0 Å². The second-order valence-electron chi connectivity index (χ2n) is 3.69. The van der Waals surface area contributed by atoms with E-state index in [0.29, 0.717) is 37.7 Å². The van der Waals surface area contributed by atoms with E-state index >= 15 is 0 Å². The standard InChI is InChI=1S/C13H18O5/c1-10-11(13(14)15)4-3-5-12(10)18-9-8-17-7-6-16-2/h3-5H,6-9H2,1-2H3,(H,14,15). The van der Waals surface area contributed by atoms with Gasteiger partial charge < -0.3 is 19.3 Å². The molecule has 1 aromatic rings. The van der Waals surface area contributed by atoms with Crippen molar-refractivity contribution in [2.45, 2.75) is 6.92 Å². The highest BCUT2D eigenvalue weighted by atomic mass is 16.5. The van der Waals surface area contributed by atoms with Crippen molar-refractivity contribution < 1.29 is 24.1 Å². The zero-order chi connectivity index (χ0) is 13.4. The number of methoxy groups -OCH3 is 1. The van der Waals surface area contributed by atoms with Gasteiger partial charge in [-0.05, 0) is 19.1 Å². The minimum atomic E-state index is -0.950. The van der Waals surface area contributed by atoms with Crippen molar-refractivity contribution in [1.82, 2.24) is 0 Å². The van der Waals surface area contributed by atoms with Crippen LogP contribution in [0.25, 0.3) is 0 Å². The molecule has 0 bridgehead atoms. The molecule has 1 aromatic carbocycles. The lowest BCUT2D eigenvalue weighted by Gasteiger charge is -2.11. The summed E-state index contributed by atoms with van der Waals surface area (Å²) in [5.74, 6) is -0.375. The van der Waals surface area contributed by atoms with Crippen molar-refractivity contribution in [2.24, 2.45) is 0 Å². The van der Waals surface area contributed by atoms with Gasteiger partial charge in [0.05, 0.1) is 25.4 Å². The van der Waals surface area contributed by atoms with E-state index in [9.17, 15) is 4.79 Å². The van der Waals surface area contributed by atoms with E-state index in [2.05, 4.69) is 0 Å². The summed E-state index contributed by atoms with van der Waals surface area (Å²) < 4.78 is 15.6. The predicted octanol–water partition coefficient (Wildman–Crippen LogP) is 1.74. The van der Waals surface area contributed by atoms with Gasteiger partial charge in [-0.3, -0.25) is 0 Å². The third-order valence-electron chi connectivity index (χ3n) is 2.43. The summed E-state index contributed by atoms with van der Waals surface area (Å²) in [4.78, 5) is 10.9. The molecule has 0 aromatic heterocycles. The molecule has 0 radical (unpaired) electrons. The molecule has 0 saturated heterocycles. The highest BCUT2D eigenvalue weighted by Gasteiger charge is 2.10. The molecular formula is C13H18O5. The molecule has 0 aliphatic carbocycles. The summed E-state index contributed by atoms with van der Waals surface area (Å²) in [7, 11) is 1.61. The Bertz CT molecular complexity index is 389. The summed E-state index contributed by atoms with van der Waals surface area (Å²) in [6.45, 7) is 3.62. The monoisotopic (exact) mass is 254 g/mol. The molecule has 0 aliphatic rings. The first kappa shape index (κ1) is 14.5. The maximum absolute atomic E-state index is 10.9. The number of rotatable bonds is 8. The van der Waals surface area contributed by atoms with Crippen LogP contribution < -0.4 is 4.74 Å². The first-order valence-corrected chi connectivity index (χ1v) is 5.69. The fourth-order valence-electron chi connectivity index (χ4n) is 1.46. The van der Waals surface area contributed by atoms with Gasteiger partial charge in [0.1, 0.15) is 12.4 Å². The molecule has 0 fully saturated rings. The Labute approximate surface area is 106 Å². The number of aromatic carboxylic acids is 1. The van der Waals surface area contributed by atoms with Gasteiger partial charge >= 0.3 is 5.97 Å². The number of ether oxygens (including phenoxy) is 3. The summed E-state index contributed by atoms with van der Waals surface area (Å²) in [5, 5.41) is 8.96. The van der Waals surface area contributed by atoms with Crippen LogP contribution >= 0.6 is 0 Å². The molecule has 0 spiro atoms. The first-order chi connectivity index (χ1) is 8.66. The van der Waals surface area contributed by atoms with Crippen LogP contribution in [-0.4, -0.2) is 44.6 Å². The van der Waals surface area contributed by atoms with E-state index in [1.54, 1.807) is 32.2 Å². The lowest BCUT2D eigenvalue weighted by atomic mass is 10.1. The van der Waals surface area contributed by atoms with E-state index in [1.165, 1.54) is 0 Å². The largest absolute Gasteiger partial charge is 0.491 e. The maximum Gasteiger partial charge on any atom is 0.336 e. The second kappa shape index (κ2) is 7.68. The Morgan fingerprint density at radius 1 is 1.22 bits per heavy atom. The summed E-state index contributed by atoms with van der Waals surface area (Å²) >= 11 is 0. The number of carboxylic acids is 1. The van der Waals surface area contributed by atoms with Gasteiger partial charge in [0.2, 0.25) is 0 Å². The minimum Gasteiger partial charge on any atom is -0.491 e. The van der Waals surface area contributed by atoms with Crippen LogP contribution in [0.3, 0.4) is 0 Å². The molecule has 0 amide bonds. The molecule has 0 saturated carbocycles. The van der Waals surface area contributed by atoms with Crippen LogP contribution in [0, 0.1) is 6.92 Å². The van der Waals surface area contributed by atoms with E-state index in [1.807, 2.05) is 0 Å². The molecule has 0 unspecified atom stereocenters. The SMILES string of the molecule is COCCOCCOc1cccc(C(=O)O)c1C.